The van der Waals surface area contributed by atoms with Gasteiger partial charge < -0.3 is 10.2 Å². The fraction of sp³-hybridized carbons (Fsp3) is 0.333. The van der Waals surface area contributed by atoms with E-state index in [1.54, 1.807) is 18.2 Å². The van der Waals surface area contributed by atoms with E-state index in [1.165, 1.54) is 23.0 Å². The van der Waals surface area contributed by atoms with Gasteiger partial charge in [0.05, 0.1) is 20.6 Å². The first-order valence-corrected chi connectivity index (χ1v) is 11.8. The first-order chi connectivity index (χ1) is 14.6. The van der Waals surface area contributed by atoms with Crippen molar-refractivity contribution >= 4 is 63.5 Å². The zero-order chi connectivity index (χ0) is 22.5. The Hall–Kier alpha value is -1.95. The van der Waals surface area contributed by atoms with Gasteiger partial charge >= 0.3 is 0 Å². The van der Waals surface area contributed by atoms with Crippen LogP contribution in [0.25, 0.3) is 6.08 Å². The topological polar surface area (TPSA) is 44.7 Å². The zero-order valence-corrected chi connectivity index (χ0v) is 20.5. The number of nitrogens with one attached hydrogen (secondary N) is 1. The summed E-state index contributed by atoms with van der Waals surface area (Å²) in [6.45, 7) is 8.93. The minimum absolute atomic E-state index is 0.118. The molecule has 1 amide bonds. The van der Waals surface area contributed by atoms with Crippen LogP contribution in [-0.4, -0.2) is 23.7 Å². The molecule has 162 valence electrons. The third-order valence-corrected chi connectivity index (χ3v) is 7.83. The summed E-state index contributed by atoms with van der Waals surface area (Å²) in [4.78, 5) is 20.0. The molecule has 2 aromatic rings. The van der Waals surface area contributed by atoms with E-state index < -0.39 is 0 Å². The van der Waals surface area contributed by atoms with Crippen LogP contribution in [0.2, 0.25) is 10.0 Å². The average molecular weight is 474 g/mol. The molecule has 0 aliphatic carbocycles. The minimum atomic E-state index is -0.162. The lowest BCUT2D eigenvalue weighted by Crippen LogP contribution is -2.45. The van der Waals surface area contributed by atoms with Crippen molar-refractivity contribution in [2.75, 3.05) is 11.9 Å². The van der Waals surface area contributed by atoms with Gasteiger partial charge in [-0.25, -0.2) is 4.99 Å². The van der Waals surface area contributed by atoms with E-state index in [-0.39, 0.29) is 11.4 Å². The van der Waals surface area contributed by atoms with Crippen molar-refractivity contribution in [3.05, 3.63) is 62.0 Å². The van der Waals surface area contributed by atoms with Crippen molar-refractivity contribution < 1.29 is 4.79 Å². The Morgan fingerprint density at radius 1 is 1.29 bits per heavy atom. The molecule has 0 aromatic heterocycles. The molecule has 2 aliphatic heterocycles. The highest BCUT2D eigenvalue weighted by molar-refractivity contribution is 8.18. The second kappa shape index (κ2) is 8.19. The highest BCUT2D eigenvalue weighted by atomic mass is 35.5. The van der Waals surface area contributed by atoms with Gasteiger partial charge in [0.2, 0.25) is 0 Å². The van der Waals surface area contributed by atoms with Gasteiger partial charge in [0.15, 0.2) is 5.17 Å². The molecular formula is C24H25Cl2N3OS. The van der Waals surface area contributed by atoms with E-state index in [4.69, 9.17) is 23.2 Å². The zero-order valence-electron chi connectivity index (χ0n) is 18.2. The van der Waals surface area contributed by atoms with Gasteiger partial charge in [-0.05, 0) is 91.9 Å². The summed E-state index contributed by atoms with van der Waals surface area (Å²) in [5.74, 6) is 0.288. The van der Waals surface area contributed by atoms with Gasteiger partial charge in [-0.1, -0.05) is 36.2 Å². The number of thioether (sulfide) groups is 1. The van der Waals surface area contributed by atoms with Crippen LogP contribution in [0, 0.1) is 6.92 Å². The Morgan fingerprint density at radius 2 is 2.03 bits per heavy atom. The second-order valence-electron chi connectivity index (χ2n) is 8.80. The molecule has 1 atom stereocenters. The molecule has 7 heteroatoms. The predicted molar refractivity (Wildman–Crippen MR) is 134 cm³/mol. The number of benzene rings is 2. The number of amidine groups is 1. The highest BCUT2D eigenvalue weighted by Gasteiger charge is 2.34. The number of nitrogens with zero attached hydrogens (tertiary/aromatic N) is 2. The molecule has 1 N–H and O–H groups in total. The number of carbonyl (C=O) groups excluding carboxylic acids is 1. The summed E-state index contributed by atoms with van der Waals surface area (Å²) in [6.07, 6.45) is 3.03. The molecule has 0 unspecified atom stereocenters. The van der Waals surface area contributed by atoms with Crippen molar-refractivity contribution in [1.29, 1.82) is 0 Å². The first kappa shape index (κ1) is 22.3. The van der Waals surface area contributed by atoms with Crippen molar-refractivity contribution in [1.82, 2.24) is 5.32 Å². The summed E-state index contributed by atoms with van der Waals surface area (Å²) in [6, 6.07) is 9.71. The molecule has 4 nitrogen and oxygen atoms in total. The smallest absolute Gasteiger partial charge is 0.264 e. The summed E-state index contributed by atoms with van der Waals surface area (Å²) in [5, 5.41) is 4.12. The van der Waals surface area contributed by atoms with Crippen molar-refractivity contribution in [3.8, 4) is 0 Å². The SMILES string of the molecule is Cc1cc2c(cc1/C=C1\SC(=Nc3cccc(Cl)c3Cl)NC1=O)[C@@H](C)CC(C)(C)N2C. The number of carbonyl (C=O) groups is 1. The lowest BCUT2D eigenvalue weighted by Gasteiger charge is -2.45. The molecule has 0 spiro atoms. The van der Waals surface area contributed by atoms with Crippen LogP contribution in [0.3, 0.4) is 0 Å². The molecule has 2 heterocycles. The van der Waals surface area contributed by atoms with Crippen LogP contribution in [-0.2, 0) is 4.79 Å². The number of halogens is 2. The van der Waals surface area contributed by atoms with Crippen LogP contribution in [0.15, 0.2) is 40.2 Å². The summed E-state index contributed by atoms with van der Waals surface area (Å²) < 4.78 is 0. The van der Waals surface area contributed by atoms with E-state index in [0.29, 0.717) is 31.7 Å². The van der Waals surface area contributed by atoms with Gasteiger partial charge in [-0.15, -0.1) is 0 Å². The Bertz CT molecular complexity index is 1140. The Labute approximate surface area is 197 Å². The van der Waals surface area contributed by atoms with E-state index in [2.05, 4.69) is 62.1 Å². The predicted octanol–water partition coefficient (Wildman–Crippen LogP) is 6.92. The van der Waals surface area contributed by atoms with Gasteiger partial charge in [-0.2, -0.15) is 0 Å². The number of fused-ring (bicyclic) bond motifs is 1. The molecule has 0 radical (unpaired) electrons. The number of aliphatic imine (C=N–C) groups is 1. The first-order valence-electron chi connectivity index (χ1n) is 10.2. The van der Waals surface area contributed by atoms with Crippen LogP contribution < -0.4 is 10.2 Å². The number of anilines is 1. The van der Waals surface area contributed by atoms with Crippen LogP contribution in [0.5, 0.6) is 0 Å². The monoisotopic (exact) mass is 473 g/mol. The minimum Gasteiger partial charge on any atom is -0.369 e. The van der Waals surface area contributed by atoms with E-state index in [0.717, 1.165) is 17.5 Å². The van der Waals surface area contributed by atoms with Crippen LogP contribution >= 0.6 is 35.0 Å². The second-order valence-corrected chi connectivity index (χ2v) is 10.6. The number of rotatable bonds is 2. The third-order valence-electron chi connectivity index (χ3n) is 6.11. The van der Waals surface area contributed by atoms with Crippen LogP contribution in [0.4, 0.5) is 11.4 Å². The Kier molecular flexibility index (Phi) is 5.88. The molecule has 1 saturated heterocycles. The fourth-order valence-corrected chi connectivity index (χ4v) is 5.36. The molecule has 31 heavy (non-hydrogen) atoms. The third kappa shape index (κ3) is 4.23. The Morgan fingerprint density at radius 3 is 2.77 bits per heavy atom. The Balaban J connectivity index is 1.67. The normalized spacial score (nSPS) is 22.7. The van der Waals surface area contributed by atoms with Crippen LogP contribution in [0.1, 0.15) is 49.8 Å². The maximum Gasteiger partial charge on any atom is 0.264 e. The van der Waals surface area contributed by atoms with Gasteiger partial charge in [0, 0.05) is 18.3 Å². The fourth-order valence-electron chi connectivity index (χ4n) is 4.20. The molecule has 4 rings (SSSR count). The van der Waals surface area contributed by atoms with Gasteiger partial charge in [0.25, 0.3) is 5.91 Å². The molecular weight excluding hydrogens is 449 g/mol. The van der Waals surface area contributed by atoms with Crippen molar-refractivity contribution in [2.24, 2.45) is 4.99 Å². The summed E-state index contributed by atoms with van der Waals surface area (Å²) >= 11 is 13.6. The molecule has 0 bridgehead atoms. The number of hydrogen-bond donors (Lipinski definition) is 1. The van der Waals surface area contributed by atoms with Gasteiger partial charge in [-0.3, -0.25) is 4.79 Å². The highest BCUT2D eigenvalue weighted by Crippen LogP contribution is 2.44. The molecule has 0 saturated carbocycles. The lowest BCUT2D eigenvalue weighted by atomic mass is 9.79. The number of amides is 1. The standard InChI is InChI=1S/C24H25Cl2N3OS/c1-13-9-19-16(14(2)12-24(3,4)29(19)5)10-15(13)11-20-22(30)28-23(31-20)27-18-8-6-7-17(25)21(18)26/h6-11,14H,12H2,1-5H3,(H,27,28,30)/b20-11-/t14-/m0/s1. The lowest BCUT2D eigenvalue weighted by molar-refractivity contribution is -0.115. The van der Waals surface area contributed by atoms with Crippen molar-refractivity contribution in [2.45, 2.75) is 45.6 Å². The molecule has 1 fully saturated rings. The van der Waals surface area contributed by atoms with Crippen molar-refractivity contribution in [3.63, 3.8) is 0 Å². The number of aryl methyl sites for hydroxylation is 1. The quantitative estimate of drug-likeness (QED) is 0.481. The molecule has 2 aromatic carbocycles. The van der Waals surface area contributed by atoms with Gasteiger partial charge in [0.1, 0.15) is 0 Å². The maximum absolute atomic E-state index is 12.6. The van der Waals surface area contributed by atoms with E-state index in [9.17, 15) is 4.79 Å². The average Bonchev–Trinajstić information content (AvgIpc) is 3.03. The summed E-state index contributed by atoms with van der Waals surface area (Å²) in [5.41, 5.74) is 5.43. The largest absolute Gasteiger partial charge is 0.369 e. The maximum atomic E-state index is 12.6. The molecule has 2 aliphatic rings. The van der Waals surface area contributed by atoms with E-state index >= 15 is 0 Å². The summed E-state index contributed by atoms with van der Waals surface area (Å²) in [7, 11) is 2.16. The van der Waals surface area contributed by atoms with E-state index in [1.807, 2.05) is 6.08 Å². The number of hydrogen-bond acceptors (Lipinski definition) is 4.